The number of likely N-dealkylation sites (tertiary alicyclic amines) is 1. The minimum Gasteiger partial charge on any atom is -0.481 e. The summed E-state index contributed by atoms with van der Waals surface area (Å²) < 4.78 is 6.39. The SMILES string of the molecule is C=CCN(C(=O)C1N(CCCCCCO)C(=O)[C@@H]2[C@@H](C(=O)O)[C@@H]3OC12CC3Br)c1ccc(N(CC)CC)cc1. The van der Waals surface area contributed by atoms with Crippen molar-refractivity contribution in [2.45, 2.75) is 68.5 Å². The average Bonchev–Trinajstić information content (AvgIpc) is 3.51. The number of rotatable bonds is 14. The molecule has 4 rings (SSSR count). The third kappa shape index (κ3) is 5.23. The van der Waals surface area contributed by atoms with Crippen molar-refractivity contribution in [3.05, 3.63) is 36.9 Å². The van der Waals surface area contributed by atoms with Crippen LogP contribution in [0.4, 0.5) is 11.4 Å². The van der Waals surface area contributed by atoms with Gasteiger partial charge >= 0.3 is 5.97 Å². The first-order chi connectivity index (χ1) is 18.7. The van der Waals surface area contributed by atoms with Gasteiger partial charge in [-0.25, -0.2) is 0 Å². The van der Waals surface area contributed by atoms with Crippen LogP contribution >= 0.6 is 15.9 Å². The van der Waals surface area contributed by atoms with Crippen LogP contribution in [0.25, 0.3) is 0 Å². The number of carbonyl (C=O) groups excluding carboxylic acids is 2. The van der Waals surface area contributed by atoms with Gasteiger partial charge in [0.15, 0.2) is 0 Å². The van der Waals surface area contributed by atoms with Gasteiger partial charge in [0, 0.05) is 49.0 Å². The van der Waals surface area contributed by atoms with Crippen LogP contribution in [-0.2, 0) is 19.1 Å². The number of amides is 2. The maximum atomic E-state index is 14.5. The molecule has 3 fully saturated rings. The fraction of sp³-hybridized carbons (Fsp3) is 0.621. The Morgan fingerprint density at radius 1 is 1.15 bits per heavy atom. The summed E-state index contributed by atoms with van der Waals surface area (Å²) in [6.45, 7) is 10.5. The summed E-state index contributed by atoms with van der Waals surface area (Å²) in [5.74, 6) is -3.60. The number of hydrogen-bond acceptors (Lipinski definition) is 6. The largest absolute Gasteiger partial charge is 0.481 e. The molecule has 10 heteroatoms. The Hall–Kier alpha value is -2.43. The number of alkyl halides is 1. The molecule has 3 heterocycles. The molecule has 0 aliphatic carbocycles. The molecule has 0 aromatic heterocycles. The molecule has 0 saturated carbocycles. The molecule has 1 spiro atoms. The molecule has 0 radical (unpaired) electrons. The van der Waals surface area contributed by atoms with E-state index in [4.69, 9.17) is 9.84 Å². The normalized spacial score (nSPS) is 29.0. The summed E-state index contributed by atoms with van der Waals surface area (Å²) in [5.41, 5.74) is 0.531. The monoisotopic (exact) mass is 605 g/mol. The smallest absolute Gasteiger partial charge is 0.310 e. The quantitative estimate of drug-likeness (QED) is 0.190. The van der Waals surface area contributed by atoms with Crippen molar-refractivity contribution >= 4 is 45.1 Å². The lowest BCUT2D eigenvalue weighted by Crippen LogP contribution is -2.57. The maximum absolute atomic E-state index is 14.5. The summed E-state index contributed by atoms with van der Waals surface area (Å²) in [6.07, 6.45) is 4.30. The van der Waals surface area contributed by atoms with Crippen molar-refractivity contribution in [1.29, 1.82) is 0 Å². The first kappa shape index (κ1) is 29.6. The molecule has 3 aliphatic rings. The van der Waals surface area contributed by atoms with E-state index in [0.717, 1.165) is 31.6 Å². The van der Waals surface area contributed by atoms with Crippen molar-refractivity contribution in [2.24, 2.45) is 11.8 Å². The molecule has 2 N–H and O–H groups in total. The van der Waals surface area contributed by atoms with E-state index >= 15 is 0 Å². The van der Waals surface area contributed by atoms with Gasteiger partial charge in [-0.1, -0.05) is 34.8 Å². The van der Waals surface area contributed by atoms with E-state index in [-0.39, 0.29) is 29.8 Å². The number of aliphatic carboxylic acids is 1. The molecule has 3 saturated heterocycles. The molecule has 214 valence electrons. The molecule has 2 amide bonds. The van der Waals surface area contributed by atoms with Gasteiger partial charge in [0.2, 0.25) is 5.91 Å². The van der Waals surface area contributed by atoms with Gasteiger partial charge in [0.05, 0.1) is 17.9 Å². The standard InChI is InChI=1S/C29H40BrN3O6/c1-4-15-32(20-13-11-19(12-14-20)31(5-2)6-3)27(36)25-29-18-21(30)24(39-29)22(28(37)38)23(29)26(35)33(25)16-9-7-8-10-17-34/h4,11-14,21-25,34H,1,5-10,15-18H2,2-3H3,(H,37,38)/t21?,22-,23+,24-,25?,29?/m1/s1. The molecule has 39 heavy (non-hydrogen) atoms. The summed E-state index contributed by atoms with van der Waals surface area (Å²) in [4.78, 5) is 45.8. The molecule has 1 aromatic rings. The number of fused-ring (bicyclic) bond motifs is 1. The molecule has 2 bridgehead atoms. The second-order valence-electron chi connectivity index (χ2n) is 10.6. The van der Waals surface area contributed by atoms with E-state index in [9.17, 15) is 19.5 Å². The Bertz CT molecular complexity index is 1060. The lowest BCUT2D eigenvalue weighted by molar-refractivity contribution is -0.149. The zero-order valence-corrected chi connectivity index (χ0v) is 24.4. The Morgan fingerprint density at radius 3 is 2.38 bits per heavy atom. The molecular formula is C29H40BrN3O6. The minimum atomic E-state index is -1.21. The van der Waals surface area contributed by atoms with Gasteiger partial charge in [0.1, 0.15) is 11.6 Å². The number of halogens is 1. The molecule has 3 unspecified atom stereocenters. The fourth-order valence-electron chi connectivity index (χ4n) is 6.71. The summed E-state index contributed by atoms with van der Waals surface area (Å²) in [5, 5.41) is 19.2. The van der Waals surface area contributed by atoms with E-state index in [1.807, 2.05) is 24.3 Å². The van der Waals surface area contributed by atoms with E-state index in [2.05, 4.69) is 41.3 Å². The van der Waals surface area contributed by atoms with Crippen LogP contribution in [0.5, 0.6) is 0 Å². The van der Waals surface area contributed by atoms with E-state index in [0.29, 0.717) is 31.5 Å². The van der Waals surface area contributed by atoms with Gasteiger partial charge in [-0.15, -0.1) is 6.58 Å². The lowest BCUT2D eigenvalue weighted by Gasteiger charge is -2.37. The van der Waals surface area contributed by atoms with Gasteiger partial charge in [-0.05, 0) is 57.4 Å². The van der Waals surface area contributed by atoms with Crippen molar-refractivity contribution in [1.82, 2.24) is 4.90 Å². The van der Waals surface area contributed by atoms with Crippen LogP contribution in [-0.4, -0.2) is 88.3 Å². The number of anilines is 2. The average molecular weight is 607 g/mol. The van der Waals surface area contributed by atoms with Gasteiger partial charge in [-0.3, -0.25) is 14.4 Å². The summed E-state index contributed by atoms with van der Waals surface area (Å²) in [7, 11) is 0. The van der Waals surface area contributed by atoms with Crippen molar-refractivity contribution in [3.63, 3.8) is 0 Å². The topological polar surface area (TPSA) is 111 Å². The van der Waals surface area contributed by atoms with Crippen molar-refractivity contribution < 1.29 is 29.3 Å². The highest BCUT2D eigenvalue weighted by molar-refractivity contribution is 9.09. The number of aliphatic hydroxyl groups is 1. The minimum absolute atomic E-state index is 0.112. The van der Waals surface area contributed by atoms with Crippen LogP contribution in [0.1, 0.15) is 46.0 Å². The Morgan fingerprint density at radius 2 is 1.79 bits per heavy atom. The zero-order chi connectivity index (χ0) is 28.3. The number of carboxylic acids is 1. The van der Waals surface area contributed by atoms with Gasteiger partial charge in [0.25, 0.3) is 5.91 Å². The molecule has 3 aliphatic heterocycles. The second kappa shape index (κ2) is 12.4. The Labute approximate surface area is 238 Å². The number of aliphatic hydroxyl groups excluding tert-OH is 1. The highest BCUT2D eigenvalue weighted by Gasteiger charge is 2.76. The van der Waals surface area contributed by atoms with Crippen molar-refractivity contribution in [3.8, 4) is 0 Å². The second-order valence-corrected chi connectivity index (χ2v) is 11.8. The van der Waals surface area contributed by atoms with Crippen LogP contribution in [0.15, 0.2) is 36.9 Å². The fourth-order valence-corrected chi connectivity index (χ4v) is 7.65. The molecule has 9 nitrogen and oxygen atoms in total. The third-order valence-electron chi connectivity index (χ3n) is 8.48. The number of carbonyl (C=O) groups is 3. The molecular weight excluding hydrogens is 566 g/mol. The predicted octanol–water partition coefficient (Wildman–Crippen LogP) is 3.44. The molecule has 1 aromatic carbocycles. The van der Waals surface area contributed by atoms with Gasteiger partial charge in [-0.2, -0.15) is 0 Å². The Balaban J connectivity index is 1.69. The number of hydrogen-bond donors (Lipinski definition) is 2. The lowest BCUT2D eigenvalue weighted by atomic mass is 9.70. The van der Waals surface area contributed by atoms with Crippen LogP contribution in [0.2, 0.25) is 0 Å². The van der Waals surface area contributed by atoms with Crippen molar-refractivity contribution in [2.75, 3.05) is 42.6 Å². The third-order valence-corrected chi connectivity index (χ3v) is 9.33. The number of unbranched alkanes of at least 4 members (excludes halogenated alkanes) is 3. The van der Waals surface area contributed by atoms with Crippen LogP contribution < -0.4 is 9.80 Å². The number of benzene rings is 1. The van der Waals surface area contributed by atoms with Gasteiger partial charge < -0.3 is 29.6 Å². The number of ether oxygens (including phenoxy) is 1. The zero-order valence-electron chi connectivity index (χ0n) is 22.8. The van der Waals surface area contributed by atoms with Crippen LogP contribution in [0, 0.1) is 11.8 Å². The van der Waals surface area contributed by atoms with E-state index in [1.165, 1.54) is 0 Å². The predicted molar refractivity (Wildman–Crippen MR) is 153 cm³/mol. The summed E-state index contributed by atoms with van der Waals surface area (Å²) in [6, 6.07) is 6.84. The molecule has 6 atom stereocenters. The Kier molecular flexibility index (Phi) is 9.39. The highest BCUT2D eigenvalue weighted by atomic mass is 79.9. The maximum Gasteiger partial charge on any atom is 0.310 e. The first-order valence-electron chi connectivity index (χ1n) is 14.0. The van der Waals surface area contributed by atoms with E-state index in [1.54, 1.807) is 15.9 Å². The summed E-state index contributed by atoms with van der Waals surface area (Å²) >= 11 is 3.59. The number of carboxylic acid groups (broad SMARTS) is 1. The number of nitrogens with zero attached hydrogens (tertiary/aromatic N) is 3. The first-order valence-corrected chi connectivity index (χ1v) is 14.9. The van der Waals surface area contributed by atoms with Crippen LogP contribution in [0.3, 0.4) is 0 Å². The highest BCUT2D eigenvalue weighted by Crippen LogP contribution is 2.60. The van der Waals surface area contributed by atoms with E-state index < -0.39 is 35.6 Å².